The van der Waals surface area contributed by atoms with Crippen LogP contribution in [0.3, 0.4) is 0 Å². The van der Waals surface area contributed by atoms with Gasteiger partial charge in [0.2, 0.25) is 0 Å². The topological polar surface area (TPSA) is 30.0 Å². The van der Waals surface area contributed by atoms with Crippen LogP contribution in [0.4, 0.5) is 13.2 Å². The van der Waals surface area contributed by atoms with Crippen LogP contribution in [0, 0.1) is 5.82 Å². The van der Waals surface area contributed by atoms with Crippen LogP contribution in [0.1, 0.15) is 22.5 Å². The minimum absolute atomic E-state index is 0.210. The lowest BCUT2D eigenvalue weighted by atomic mass is 10.2. The van der Waals surface area contributed by atoms with Crippen molar-refractivity contribution in [1.82, 2.24) is 4.98 Å². The van der Waals surface area contributed by atoms with Crippen molar-refractivity contribution in [1.29, 1.82) is 0 Å². The normalized spacial score (nSPS) is 10.5. The molecule has 0 amide bonds. The van der Waals surface area contributed by atoms with Gasteiger partial charge in [-0.2, -0.15) is 0 Å². The maximum absolute atomic E-state index is 12.8. The van der Waals surface area contributed by atoms with E-state index >= 15 is 0 Å². The van der Waals surface area contributed by atoms with E-state index < -0.39 is 17.9 Å². The largest absolute Gasteiger partial charge is 0.298 e. The first-order valence-electron chi connectivity index (χ1n) is 3.15. The zero-order valence-electron chi connectivity index (χ0n) is 6.10. The van der Waals surface area contributed by atoms with Crippen molar-refractivity contribution < 1.29 is 18.0 Å². The molecule has 1 aromatic heterocycles. The van der Waals surface area contributed by atoms with Gasteiger partial charge in [0.05, 0.1) is 5.56 Å². The molecule has 0 fully saturated rings. The fourth-order valence-electron chi connectivity index (χ4n) is 0.729. The van der Waals surface area contributed by atoms with E-state index in [9.17, 15) is 18.0 Å². The van der Waals surface area contributed by atoms with Crippen molar-refractivity contribution in [2.24, 2.45) is 0 Å². The lowest BCUT2D eigenvalue weighted by molar-refractivity contribution is 0.111. The smallest absolute Gasteiger partial charge is 0.280 e. The minimum atomic E-state index is -2.86. The summed E-state index contributed by atoms with van der Waals surface area (Å²) in [6.07, 6.45) is -2.65. The molecule has 1 heterocycles. The van der Waals surface area contributed by atoms with E-state index in [4.69, 9.17) is 0 Å². The monoisotopic (exact) mass is 253 g/mol. The van der Waals surface area contributed by atoms with Gasteiger partial charge in [-0.25, -0.2) is 18.2 Å². The second-order valence-electron chi connectivity index (χ2n) is 2.15. The zero-order chi connectivity index (χ0) is 10.0. The van der Waals surface area contributed by atoms with Crippen LogP contribution >= 0.6 is 15.9 Å². The van der Waals surface area contributed by atoms with E-state index in [0.29, 0.717) is 6.07 Å². The van der Waals surface area contributed by atoms with E-state index in [1.165, 1.54) is 0 Å². The molecule has 2 nitrogen and oxygen atoms in total. The molecule has 0 saturated carbocycles. The summed E-state index contributed by atoms with van der Waals surface area (Å²) in [5, 5.41) is 0. The van der Waals surface area contributed by atoms with Gasteiger partial charge in [-0.05, 0) is 15.9 Å². The lowest BCUT2D eigenvalue weighted by Crippen LogP contribution is -1.98. The van der Waals surface area contributed by atoms with Gasteiger partial charge in [-0.15, -0.1) is 0 Å². The molecular weight excluding hydrogens is 251 g/mol. The van der Waals surface area contributed by atoms with Gasteiger partial charge in [0.25, 0.3) is 6.43 Å². The van der Waals surface area contributed by atoms with Gasteiger partial charge in [0.1, 0.15) is 16.1 Å². The Bertz CT molecular complexity index is 320. The molecule has 0 spiro atoms. The highest BCUT2D eigenvalue weighted by Crippen LogP contribution is 2.23. The van der Waals surface area contributed by atoms with Crippen LogP contribution in [-0.2, 0) is 0 Å². The Morgan fingerprint density at radius 2 is 2.15 bits per heavy atom. The maximum atomic E-state index is 12.8. The van der Waals surface area contributed by atoms with Crippen molar-refractivity contribution >= 4 is 22.2 Å². The van der Waals surface area contributed by atoms with Gasteiger partial charge in [0.15, 0.2) is 6.29 Å². The highest BCUT2D eigenvalue weighted by molar-refractivity contribution is 9.10. The van der Waals surface area contributed by atoms with Gasteiger partial charge >= 0.3 is 0 Å². The Balaban J connectivity index is 3.28. The Labute approximate surface area is 79.9 Å². The zero-order valence-corrected chi connectivity index (χ0v) is 7.69. The highest BCUT2D eigenvalue weighted by atomic mass is 79.9. The maximum Gasteiger partial charge on any atom is 0.280 e. The fraction of sp³-hybridized carbons (Fsp3) is 0.143. The summed E-state index contributed by atoms with van der Waals surface area (Å²) in [5.74, 6) is -1.01. The predicted molar refractivity (Wildman–Crippen MR) is 42.2 cm³/mol. The van der Waals surface area contributed by atoms with Crippen LogP contribution < -0.4 is 0 Å². The third-order valence-electron chi connectivity index (χ3n) is 1.32. The summed E-state index contributed by atoms with van der Waals surface area (Å²) in [5.41, 5.74) is -1.06. The first kappa shape index (κ1) is 10.2. The number of pyridine rings is 1. The van der Waals surface area contributed by atoms with Crippen molar-refractivity contribution in [3.8, 4) is 0 Å². The summed E-state index contributed by atoms with van der Waals surface area (Å²) in [4.78, 5) is 13.5. The average molecular weight is 254 g/mol. The number of alkyl halides is 2. The Morgan fingerprint density at radius 1 is 1.54 bits per heavy atom. The molecule has 0 aliphatic carbocycles. The highest BCUT2D eigenvalue weighted by Gasteiger charge is 2.15. The van der Waals surface area contributed by atoms with Crippen molar-refractivity contribution in [2.45, 2.75) is 6.43 Å². The van der Waals surface area contributed by atoms with E-state index in [0.717, 1.165) is 0 Å². The molecule has 6 heteroatoms. The molecular formula is C7H3BrF3NO. The molecule has 0 bridgehead atoms. The molecule has 0 unspecified atom stereocenters. The van der Waals surface area contributed by atoms with Crippen LogP contribution in [-0.4, -0.2) is 11.3 Å². The number of carbonyl (C=O) groups excluding carboxylic acids is 1. The van der Waals surface area contributed by atoms with Crippen LogP contribution in [0.2, 0.25) is 0 Å². The molecule has 0 aliphatic heterocycles. The molecule has 0 radical (unpaired) electrons. The van der Waals surface area contributed by atoms with Crippen LogP contribution in [0.15, 0.2) is 10.7 Å². The molecule has 0 aromatic carbocycles. The predicted octanol–water partition coefficient (Wildman–Crippen LogP) is 2.73. The van der Waals surface area contributed by atoms with E-state index in [1.54, 1.807) is 0 Å². The summed E-state index contributed by atoms with van der Waals surface area (Å²) in [6, 6.07) is 0.541. The molecule has 0 N–H and O–H groups in total. The summed E-state index contributed by atoms with van der Waals surface area (Å²) >= 11 is 2.71. The Hall–Kier alpha value is -0.910. The molecule has 0 saturated heterocycles. The quantitative estimate of drug-likeness (QED) is 0.600. The van der Waals surface area contributed by atoms with Gasteiger partial charge in [0, 0.05) is 6.07 Å². The first-order chi connectivity index (χ1) is 6.06. The van der Waals surface area contributed by atoms with Crippen LogP contribution in [0.25, 0.3) is 0 Å². The number of hydrogen-bond donors (Lipinski definition) is 0. The van der Waals surface area contributed by atoms with Gasteiger partial charge in [-0.1, -0.05) is 0 Å². The van der Waals surface area contributed by atoms with Crippen molar-refractivity contribution in [2.75, 3.05) is 0 Å². The van der Waals surface area contributed by atoms with Crippen LogP contribution in [0.5, 0.6) is 0 Å². The number of halogens is 4. The second kappa shape index (κ2) is 3.87. The van der Waals surface area contributed by atoms with Crippen molar-refractivity contribution in [3.63, 3.8) is 0 Å². The molecule has 0 atom stereocenters. The fourth-order valence-corrected chi connectivity index (χ4v) is 1.22. The minimum Gasteiger partial charge on any atom is -0.298 e. The summed E-state index contributed by atoms with van der Waals surface area (Å²) in [7, 11) is 0. The lowest BCUT2D eigenvalue weighted by Gasteiger charge is -2.02. The molecule has 70 valence electrons. The summed E-state index contributed by atoms with van der Waals surface area (Å²) < 4.78 is 36.7. The van der Waals surface area contributed by atoms with E-state index in [2.05, 4.69) is 20.9 Å². The number of aldehydes is 1. The Morgan fingerprint density at radius 3 is 2.54 bits per heavy atom. The number of hydrogen-bond acceptors (Lipinski definition) is 2. The van der Waals surface area contributed by atoms with Gasteiger partial charge < -0.3 is 0 Å². The number of carbonyl (C=O) groups is 1. The second-order valence-corrected chi connectivity index (χ2v) is 2.90. The third kappa shape index (κ3) is 2.06. The average Bonchev–Trinajstić information content (AvgIpc) is 2.03. The van der Waals surface area contributed by atoms with Gasteiger partial charge in [-0.3, -0.25) is 4.79 Å². The standard InChI is InChI=1S/C7H3BrF3NO/c8-6-3(2-13)4(9)1-5(12-6)7(10)11/h1-2,7H. The van der Waals surface area contributed by atoms with E-state index in [1.807, 2.05) is 0 Å². The molecule has 13 heavy (non-hydrogen) atoms. The molecule has 1 aromatic rings. The number of rotatable bonds is 2. The number of aromatic nitrogens is 1. The Kier molecular flexibility index (Phi) is 3.02. The summed E-state index contributed by atoms with van der Waals surface area (Å²) in [6.45, 7) is 0. The SMILES string of the molecule is O=Cc1c(F)cc(C(F)F)nc1Br. The number of nitrogens with zero attached hydrogens (tertiary/aromatic N) is 1. The van der Waals surface area contributed by atoms with E-state index in [-0.39, 0.29) is 16.5 Å². The third-order valence-corrected chi connectivity index (χ3v) is 1.93. The molecule has 0 aliphatic rings. The van der Waals surface area contributed by atoms with Crippen molar-refractivity contribution in [3.05, 3.63) is 27.7 Å². The first-order valence-corrected chi connectivity index (χ1v) is 3.95. The molecule has 1 rings (SSSR count).